The van der Waals surface area contributed by atoms with Crippen molar-refractivity contribution in [3.8, 4) is 0 Å². The van der Waals surface area contributed by atoms with E-state index in [4.69, 9.17) is 0 Å². The van der Waals surface area contributed by atoms with Crippen LogP contribution in [0.4, 0.5) is 0 Å². The summed E-state index contributed by atoms with van der Waals surface area (Å²) in [6.45, 7) is 8.10. The van der Waals surface area contributed by atoms with Gasteiger partial charge < -0.3 is 5.32 Å². The third-order valence-electron chi connectivity index (χ3n) is 3.58. The molecule has 0 spiro atoms. The summed E-state index contributed by atoms with van der Waals surface area (Å²) in [6.07, 6.45) is 5.88. The topological polar surface area (TPSA) is 28.2 Å². The fraction of sp³-hybridized carbons (Fsp3) is 0.769. The number of piperidine rings is 1. The highest BCUT2D eigenvalue weighted by molar-refractivity contribution is 7.09. The van der Waals surface area contributed by atoms with E-state index >= 15 is 0 Å². The number of hydrogen-bond donors (Lipinski definition) is 1. The summed E-state index contributed by atoms with van der Waals surface area (Å²) in [5.74, 6) is 0. The quantitative estimate of drug-likeness (QED) is 0.874. The Morgan fingerprint density at radius 3 is 3.12 bits per heavy atom. The molecule has 2 heterocycles. The van der Waals surface area contributed by atoms with E-state index in [0.29, 0.717) is 12.1 Å². The van der Waals surface area contributed by atoms with E-state index in [0.717, 1.165) is 6.54 Å². The molecule has 17 heavy (non-hydrogen) atoms. The standard InChI is InChI=1S/C13H23N3S/c1-3-7-16(12-5-4-6-14-8-12)11(2)13-9-15-10-17-13/h9-12,14H,3-8H2,1-2H3. The first-order valence-corrected chi connectivity index (χ1v) is 7.55. The number of rotatable bonds is 5. The van der Waals surface area contributed by atoms with Gasteiger partial charge in [-0.05, 0) is 39.3 Å². The average Bonchev–Trinajstić information content (AvgIpc) is 2.90. The minimum Gasteiger partial charge on any atom is -0.315 e. The van der Waals surface area contributed by atoms with Crippen molar-refractivity contribution in [1.29, 1.82) is 0 Å². The zero-order valence-electron chi connectivity index (χ0n) is 10.9. The molecule has 0 bridgehead atoms. The minimum absolute atomic E-state index is 0.507. The molecule has 1 aromatic heterocycles. The summed E-state index contributed by atoms with van der Waals surface area (Å²) in [5, 5.41) is 3.52. The molecule has 4 heteroatoms. The third-order valence-corrected chi connectivity index (χ3v) is 4.53. The van der Waals surface area contributed by atoms with Crippen LogP contribution >= 0.6 is 11.3 Å². The molecule has 1 N–H and O–H groups in total. The minimum atomic E-state index is 0.507. The molecule has 1 saturated heterocycles. The molecule has 0 aromatic carbocycles. The van der Waals surface area contributed by atoms with E-state index < -0.39 is 0 Å². The fourth-order valence-electron chi connectivity index (χ4n) is 2.66. The number of hydrogen-bond acceptors (Lipinski definition) is 4. The molecule has 0 saturated carbocycles. The Kier molecular flexibility index (Phi) is 4.95. The highest BCUT2D eigenvalue weighted by atomic mass is 32.1. The van der Waals surface area contributed by atoms with Crippen LogP contribution in [-0.2, 0) is 0 Å². The zero-order valence-corrected chi connectivity index (χ0v) is 11.7. The van der Waals surface area contributed by atoms with Crippen LogP contribution in [0.2, 0.25) is 0 Å². The molecule has 3 nitrogen and oxygen atoms in total. The van der Waals surface area contributed by atoms with Crippen molar-refractivity contribution < 1.29 is 0 Å². The van der Waals surface area contributed by atoms with Crippen molar-refractivity contribution in [3.05, 3.63) is 16.6 Å². The van der Waals surface area contributed by atoms with Gasteiger partial charge in [-0.25, -0.2) is 0 Å². The Morgan fingerprint density at radius 2 is 2.53 bits per heavy atom. The SMILES string of the molecule is CCCN(C1CCCNC1)C(C)c1cncs1. The molecule has 1 aliphatic heterocycles. The van der Waals surface area contributed by atoms with Gasteiger partial charge in [-0.3, -0.25) is 9.88 Å². The van der Waals surface area contributed by atoms with Crippen LogP contribution in [-0.4, -0.2) is 35.6 Å². The maximum absolute atomic E-state index is 4.21. The van der Waals surface area contributed by atoms with Crippen LogP contribution in [0.15, 0.2) is 11.7 Å². The molecular formula is C13H23N3S. The van der Waals surface area contributed by atoms with E-state index in [1.807, 2.05) is 11.7 Å². The van der Waals surface area contributed by atoms with Crippen LogP contribution in [0.3, 0.4) is 0 Å². The second-order valence-electron chi connectivity index (χ2n) is 4.82. The van der Waals surface area contributed by atoms with Crippen LogP contribution in [0.1, 0.15) is 44.0 Å². The zero-order chi connectivity index (χ0) is 12.1. The summed E-state index contributed by atoms with van der Waals surface area (Å²) in [4.78, 5) is 8.25. The second-order valence-corrected chi connectivity index (χ2v) is 5.74. The van der Waals surface area contributed by atoms with Crippen molar-refractivity contribution in [1.82, 2.24) is 15.2 Å². The van der Waals surface area contributed by atoms with E-state index in [1.165, 1.54) is 37.2 Å². The number of thiazole rings is 1. The second kappa shape index (κ2) is 6.47. The smallest absolute Gasteiger partial charge is 0.0794 e. The van der Waals surface area contributed by atoms with Crippen molar-refractivity contribution >= 4 is 11.3 Å². The van der Waals surface area contributed by atoms with E-state index in [1.54, 1.807) is 11.3 Å². The van der Waals surface area contributed by atoms with E-state index in [-0.39, 0.29) is 0 Å². The molecule has 0 radical (unpaired) electrons. The molecule has 2 rings (SSSR count). The van der Waals surface area contributed by atoms with E-state index in [2.05, 4.69) is 29.0 Å². The Hall–Kier alpha value is -0.450. The van der Waals surface area contributed by atoms with Gasteiger partial charge in [-0.1, -0.05) is 6.92 Å². The molecular weight excluding hydrogens is 230 g/mol. The lowest BCUT2D eigenvalue weighted by Gasteiger charge is -2.38. The summed E-state index contributed by atoms with van der Waals surface area (Å²) in [7, 11) is 0. The number of nitrogens with zero attached hydrogens (tertiary/aromatic N) is 2. The van der Waals surface area contributed by atoms with Crippen LogP contribution in [0.25, 0.3) is 0 Å². The molecule has 2 unspecified atom stereocenters. The lowest BCUT2D eigenvalue weighted by molar-refractivity contribution is 0.122. The Bertz CT molecular complexity index is 306. The first-order valence-electron chi connectivity index (χ1n) is 6.67. The van der Waals surface area contributed by atoms with Gasteiger partial charge in [-0.15, -0.1) is 11.3 Å². The van der Waals surface area contributed by atoms with E-state index in [9.17, 15) is 0 Å². The molecule has 2 atom stereocenters. The van der Waals surface area contributed by atoms with Gasteiger partial charge in [0, 0.05) is 29.7 Å². The predicted molar refractivity (Wildman–Crippen MR) is 73.4 cm³/mol. The van der Waals surface area contributed by atoms with Crippen LogP contribution in [0.5, 0.6) is 0 Å². The first-order chi connectivity index (χ1) is 8.33. The number of nitrogens with one attached hydrogen (secondary N) is 1. The molecule has 1 aromatic rings. The molecule has 0 amide bonds. The maximum Gasteiger partial charge on any atom is 0.0794 e. The Labute approximate surface area is 108 Å². The summed E-state index contributed by atoms with van der Waals surface area (Å²) < 4.78 is 0. The van der Waals surface area contributed by atoms with Crippen LogP contribution in [0, 0.1) is 0 Å². The molecule has 0 aliphatic carbocycles. The number of aromatic nitrogens is 1. The first kappa shape index (κ1) is 13.0. The van der Waals surface area contributed by atoms with Gasteiger partial charge in [-0.2, -0.15) is 0 Å². The van der Waals surface area contributed by atoms with Crippen molar-refractivity contribution in [2.75, 3.05) is 19.6 Å². The summed E-state index contributed by atoms with van der Waals surface area (Å²) in [5.41, 5.74) is 1.94. The largest absolute Gasteiger partial charge is 0.315 e. The monoisotopic (exact) mass is 253 g/mol. The average molecular weight is 253 g/mol. The molecule has 96 valence electrons. The van der Waals surface area contributed by atoms with Gasteiger partial charge in [0.15, 0.2) is 0 Å². The lowest BCUT2D eigenvalue weighted by atomic mass is 10.0. The third kappa shape index (κ3) is 3.27. The highest BCUT2D eigenvalue weighted by Crippen LogP contribution is 2.27. The van der Waals surface area contributed by atoms with Crippen molar-refractivity contribution in [2.45, 2.75) is 45.2 Å². The predicted octanol–water partition coefficient (Wildman–Crippen LogP) is 2.67. The maximum atomic E-state index is 4.21. The van der Waals surface area contributed by atoms with Gasteiger partial charge in [0.2, 0.25) is 0 Å². The summed E-state index contributed by atoms with van der Waals surface area (Å²) >= 11 is 1.78. The highest BCUT2D eigenvalue weighted by Gasteiger charge is 2.25. The van der Waals surface area contributed by atoms with Crippen molar-refractivity contribution in [3.63, 3.8) is 0 Å². The Balaban J connectivity index is 2.04. The van der Waals surface area contributed by atoms with Gasteiger partial charge in [0.05, 0.1) is 5.51 Å². The van der Waals surface area contributed by atoms with Crippen molar-refractivity contribution in [2.24, 2.45) is 0 Å². The normalized spacial score (nSPS) is 22.9. The van der Waals surface area contributed by atoms with Gasteiger partial charge >= 0.3 is 0 Å². The molecule has 1 aliphatic rings. The fourth-order valence-corrected chi connectivity index (χ4v) is 3.36. The van der Waals surface area contributed by atoms with Gasteiger partial charge in [0.25, 0.3) is 0 Å². The molecule has 1 fully saturated rings. The van der Waals surface area contributed by atoms with Gasteiger partial charge in [0.1, 0.15) is 0 Å². The summed E-state index contributed by atoms with van der Waals surface area (Å²) in [6, 6.07) is 1.20. The van der Waals surface area contributed by atoms with Crippen LogP contribution < -0.4 is 5.32 Å². The lowest BCUT2D eigenvalue weighted by Crippen LogP contribution is -2.47. The Morgan fingerprint density at radius 1 is 1.65 bits per heavy atom.